The first-order valence-corrected chi connectivity index (χ1v) is 3.39. The van der Waals surface area contributed by atoms with E-state index in [1.165, 1.54) is 6.20 Å². The fourth-order valence-electron chi connectivity index (χ4n) is 0.669. The zero-order valence-electron chi connectivity index (χ0n) is 5.68. The fraction of sp³-hybridized carbons (Fsp3) is 0.200. The molecule has 0 bridgehead atoms. The first-order chi connectivity index (χ1) is 5.24. The summed E-state index contributed by atoms with van der Waals surface area (Å²) in [7, 11) is 0. The summed E-state index contributed by atoms with van der Waals surface area (Å²) in [6, 6.07) is 0. The second kappa shape index (κ2) is 3.31. The van der Waals surface area contributed by atoms with Crippen molar-refractivity contribution in [1.82, 2.24) is 16.1 Å². The van der Waals surface area contributed by atoms with Gasteiger partial charge in [0.2, 0.25) is 0 Å². The van der Waals surface area contributed by atoms with Crippen LogP contribution < -0.4 is 21.9 Å². The minimum atomic E-state index is -0.312. The molecule has 0 aromatic heterocycles. The van der Waals surface area contributed by atoms with E-state index in [1.807, 2.05) is 5.43 Å². The van der Waals surface area contributed by atoms with Gasteiger partial charge in [0, 0.05) is 12.7 Å². The van der Waals surface area contributed by atoms with Crippen LogP contribution in [0.2, 0.25) is 0 Å². The highest BCUT2D eigenvalue weighted by Gasteiger charge is 2.11. The summed E-state index contributed by atoms with van der Waals surface area (Å²) >= 11 is 4.75. The van der Waals surface area contributed by atoms with Gasteiger partial charge in [-0.25, -0.2) is 5.84 Å². The predicted octanol–water partition coefficient (Wildman–Crippen LogP) is -1.66. The molecule has 1 rings (SSSR count). The summed E-state index contributed by atoms with van der Waals surface area (Å²) in [6.45, 7) is 0.412. The zero-order chi connectivity index (χ0) is 8.27. The molecule has 11 heavy (non-hydrogen) atoms. The molecular formula is C5H8N4OS. The molecule has 60 valence electrons. The number of hydrogen-bond donors (Lipinski definition) is 4. The van der Waals surface area contributed by atoms with E-state index in [-0.39, 0.29) is 5.91 Å². The van der Waals surface area contributed by atoms with Crippen molar-refractivity contribution in [3.63, 3.8) is 0 Å². The van der Waals surface area contributed by atoms with Gasteiger partial charge in [0.25, 0.3) is 5.91 Å². The van der Waals surface area contributed by atoms with Crippen LogP contribution in [-0.2, 0) is 4.79 Å². The van der Waals surface area contributed by atoms with Crippen molar-refractivity contribution in [1.29, 1.82) is 0 Å². The summed E-state index contributed by atoms with van der Waals surface area (Å²) in [5.41, 5.74) is 2.55. The Hall–Kier alpha value is -1.14. The summed E-state index contributed by atoms with van der Waals surface area (Å²) in [6.07, 6.45) is 1.53. The molecule has 1 aliphatic rings. The Labute approximate surface area is 69.0 Å². The first-order valence-electron chi connectivity index (χ1n) is 2.98. The van der Waals surface area contributed by atoms with Crippen molar-refractivity contribution >= 4 is 23.2 Å². The minimum absolute atomic E-state index is 0.312. The third kappa shape index (κ3) is 1.89. The molecule has 0 saturated heterocycles. The van der Waals surface area contributed by atoms with E-state index < -0.39 is 0 Å². The van der Waals surface area contributed by atoms with Crippen molar-refractivity contribution in [3.05, 3.63) is 11.8 Å². The monoisotopic (exact) mass is 172 g/mol. The van der Waals surface area contributed by atoms with E-state index in [0.717, 1.165) is 0 Å². The van der Waals surface area contributed by atoms with E-state index in [2.05, 4.69) is 10.6 Å². The Bertz CT molecular complexity index is 225. The molecule has 0 aromatic rings. The maximum atomic E-state index is 10.8. The Morgan fingerprint density at radius 1 is 1.82 bits per heavy atom. The third-order valence-electron chi connectivity index (χ3n) is 1.24. The number of amides is 1. The summed E-state index contributed by atoms with van der Waals surface area (Å²) < 4.78 is 0. The van der Waals surface area contributed by atoms with Gasteiger partial charge in [-0.3, -0.25) is 10.2 Å². The van der Waals surface area contributed by atoms with Crippen molar-refractivity contribution < 1.29 is 4.79 Å². The number of carbonyl (C=O) groups excluding carboxylic acids is 1. The van der Waals surface area contributed by atoms with E-state index in [0.29, 0.717) is 17.2 Å². The van der Waals surface area contributed by atoms with E-state index in [9.17, 15) is 4.79 Å². The van der Waals surface area contributed by atoms with Gasteiger partial charge in [-0.2, -0.15) is 0 Å². The first kappa shape index (κ1) is 7.96. The van der Waals surface area contributed by atoms with Crippen molar-refractivity contribution in [2.75, 3.05) is 6.54 Å². The molecule has 1 amide bonds. The summed E-state index contributed by atoms with van der Waals surface area (Å²) in [5, 5.41) is 5.98. The van der Waals surface area contributed by atoms with Gasteiger partial charge < -0.3 is 10.6 Å². The molecule has 0 aromatic carbocycles. The molecule has 1 heterocycles. The molecule has 0 radical (unpaired) electrons. The molecule has 0 spiro atoms. The standard InChI is InChI=1S/C5H8N4OS/c6-9-4(10)3-1-7-5(11)8-2-3/h1H,2,6H2,(H,9,10)(H2,7,8,11). The maximum absolute atomic E-state index is 10.8. The second-order valence-corrected chi connectivity index (χ2v) is 2.38. The van der Waals surface area contributed by atoms with Gasteiger partial charge in [0.05, 0.1) is 5.57 Å². The van der Waals surface area contributed by atoms with Crippen molar-refractivity contribution in [2.24, 2.45) is 5.84 Å². The number of carbonyl (C=O) groups is 1. The number of nitrogens with two attached hydrogens (primary N) is 1. The highest BCUT2D eigenvalue weighted by atomic mass is 32.1. The lowest BCUT2D eigenvalue weighted by molar-refractivity contribution is -0.117. The molecule has 5 N–H and O–H groups in total. The normalized spacial score (nSPS) is 16.1. The Balaban J connectivity index is 2.61. The van der Waals surface area contributed by atoms with Crippen LogP contribution in [0.1, 0.15) is 0 Å². The van der Waals surface area contributed by atoms with E-state index in [1.54, 1.807) is 0 Å². The van der Waals surface area contributed by atoms with Crippen LogP contribution in [0.25, 0.3) is 0 Å². The van der Waals surface area contributed by atoms with Crippen LogP contribution >= 0.6 is 12.2 Å². The van der Waals surface area contributed by atoms with Gasteiger partial charge in [-0.05, 0) is 12.2 Å². The summed E-state index contributed by atoms with van der Waals surface area (Å²) in [5.74, 6) is 4.60. The molecule has 0 unspecified atom stereocenters. The van der Waals surface area contributed by atoms with E-state index >= 15 is 0 Å². The van der Waals surface area contributed by atoms with Crippen LogP contribution in [0.15, 0.2) is 11.8 Å². The molecule has 5 nitrogen and oxygen atoms in total. The number of hydrazine groups is 1. The highest BCUT2D eigenvalue weighted by Crippen LogP contribution is 1.93. The zero-order valence-corrected chi connectivity index (χ0v) is 6.49. The van der Waals surface area contributed by atoms with E-state index in [4.69, 9.17) is 18.1 Å². The highest BCUT2D eigenvalue weighted by molar-refractivity contribution is 7.80. The number of thiocarbonyl (C=S) groups is 1. The molecule has 6 heteroatoms. The lowest BCUT2D eigenvalue weighted by Gasteiger charge is -2.15. The van der Waals surface area contributed by atoms with Gasteiger partial charge >= 0.3 is 0 Å². The number of rotatable bonds is 1. The topological polar surface area (TPSA) is 79.2 Å². The van der Waals surface area contributed by atoms with Crippen LogP contribution in [-0.4, -0.2) is 17.6 Å². The molecular weight excluding hydrogens is 164 g/mol. The predicted molar refractivity (Wildman–Crippen MR) is 44.1 cm³/mol. The second-order valence-electron chi connectivity index (χ2n) is 1.97. The lowest BCUT2D eigenvalue weighted by Crippen LogP contribution is -2.43. The molecule has 1 aliphatic heterocycles. The smallest absolute Gasteiger partial charge is 0.264 e. The van der Waals surface area contributed by atoms with Crippen molar-refractivity contribution in [2.45, 2.75) is 0 Å². The lowest BCUT2D eigenvalue weighted by atomic mass is 10.2. The third-order valence-corrected chi connectivity index (χ3v) is 1.50. The minimum Gasteiger partial charge on any atom is -0.358 e. The van der Waals surface area contributed by atoms with Gasteiger partial charge in [-0.1, -0.05) is 0 Å². The average molecular weight is 172 g/mol. The quantitative estimate of drug-likeness (QED) is 0.165. The largest absolute Gasteiger partial charge is 0.358 e. The molecule has 0 saturated carbocycles. The molecule has 0 atom stereocenters. The number of hydrogen-bond acceptors (Lipinski definition) is 3. The maximum Gasteiger partial charge on any atom is 0.264 e. The van der Waals surface area contributed by atoms with Gasteiger partial charge in [0.15, 0.2) is 5.11 Å². The number of nitrogens with one attached hydrogen (secondary N) is 3. The van der Waals surface area contributed by atoms with Gasteiger partial charge in [0.1, 0.15) is 0 Å². The van der Waals surface area contributed by atoms with Crippen LogP contribution in [0, 0.1) is 0 Å². The van der Waals surface area contributed by atoms with Gasteiger partial charge in [-0.15, -0.1) is 0 Å². The molecule has 0 fully saturated rings. The Morgan fingerprint density at radius 2 is 2.55 bits per heavy atom. The Morgan fingerprint density at radius 3 is 3.00 bits per heavy atom. The SMILES string of the molecule is NNC(=O)C1=CNC(=S)NC1. The Kier molecular flexibility index (Phi) is 2.40. The van der Waals surface area contributed by atoms with Crippen LogP contribution in [0.5, 0.6) is 0 Å². The van der Waals surface area contributed by atoms with Crippen molar-refractivity contribution in [3.8, 4) is 0 Å². The average Bonchev–Trinajstić information content (AvgIpc) is 2.05. The fourth-order valence-corrected chi connectivity index (χ4v) is 0.800. The molecule has 0 aliphatic carbocycles. The van der Waals surface area contributed by atoms with Crippen LogP contribution in [0.4, 0.5) is 0 Å². The summed E-state index contributed by atoms with van der Waals surface area (Å²) in [4.78, 5) is 10.8. The van der Waals surface area contributed by atoms with Crippen LogP contribution in [0.3, 0.4) is 0 Å².